The van der Waals surface area contributed by atoms with Crippen LogP contribution in [0.4, 0.5) is 0 Å². The summed E-state index contributed by atoms with van der Waals surface area (Å²) < 4.78 is 5.38. The van der Waals surface area contributed by atoms with Crippen molar-refractivity contribution in [2.45, 2.75) is 39.2 Å². The van der Waals surface area contributed by atoms with E-state index < -0.39 is 5.41 Å². The summed E-state index contributed by atoms with van der Waals surface area (Å²) in [6.07, 6.45) is 1.89. The Balaban J connectivity index is 2.66. The molecule has 0 spiro atoms. The molecule has 5 heteroatoms. The Morgan fingerprint density at radius 3 is 2.62 bits per heavy atom. The number of nitrogens with two attached hydrogens (primary N) is 1. The van der Waals surface area contributed by atoms with Crippen LogP contribution < -0.4 is 11.1 Å². The molecule has 1 aliphatic rings. The fourth-order valence-corrected chi connectivity index (χ4v) is 1.67. The van der Waals surface area contributed by atoms with Crippen molar-refractivity contribution in [3.05, 3.63) is 0 Å². The number of rotatable bonds is 3. The van der Waals surface area contributed by atoms with E-state index in [-0.39, 0.29) is 16.4 Å². The van der Waals surface area contributed by atoms with Crippen molar-refractivity contribution in [1.82, 2.24) is 5.32 Å². The molecule has 1 aliphatic heterocycles. The van der Waals surface area contributed by atoms with E-state index in [1.54, 1.807) is 13.8 Å². The standard InChI is InChI=1S/C11H20N2O2S/c1-10(2,8(12)16)9(14)13-11(3)5-4-6-15-7-11/h4-7H2,1-3H3,(H2,12,16)(H,13,14). The number of carbonyl (C=O) groups is 1. The van der Waals surface area contributed by atoms with E-state index in [4.69, 9.17) is 22.7 Å². The topological polar surface area (TPSA) is 64.4 Å². The molecular formula is C11H20N2O2S. The van der Waals surface area contributed by atoms with Crippen LogP contribution in [-0.2, 0) is 9.53 Å². The summed E-state index contributed by atoms with van der Waals surface area (Å²) in [7, 11) is 0. The molecule has 1 atom stereocenters. The number of hydrogen-bond donors (Lipinski definition) is 2. The van der Waals surface area contributed by atoms with Gasteiger partial charge in [-0.15, -0.1) is 0 Å². The molecule has 16 heavy (non-hydrogen) atoms. The zero-order valence-corrected chi connectivity index (χ0v) is 10.9. The van der Waals surface area contributed by atoms with Crippen molar-refractivity contribution in [1.29, 1.82) is 0 Å². The molecule has 0 radical (unpaired) electrons. The average molecular weight is 244 g/mol. The molecule has 1 fully saturated rings. The lowest BCUT2D eigenvalue weighted by atomic mass is 9.88. The van der Waals surface area contributed by atoms with Gasteiger partial charge in [0, 0.05) is 6.61 Å². The maximum atomic E-state index is 12.0. The minimum atomic E-state index is -0.810. The van der Waals surface area contributed by atoms with Gasteiger partial charge in [0.1, 0.15) is 0 Å². The van der Waals surface area contributed by atoms with Crippen LogP contribution in [0.2, 0.25) is 0 Å². The van der Waals surface area contributed by atoms with Crippen molar-refractivity contribution in [2.24, 2.45) is 11.1 Å². The molecule has 0 aromatic rings. The van der Waals surface area contributed by atoms with Crippen LogP contribution in [0.5, 0.6) is 0 Å². The van der Waals surface area contributed by atoms with E-state index in [0.29, 0.717) is 6.61 Å². The highest BCUT2D eigenvalue weighted by Gasteiger charge is 2.37. The fourth-order valence-electron chi connectivity index (χ4n) is 1.57. The molecule has 1 saturated heterocycles. The first-order valence-corrected chi connectivity index (χ1v) is 5.89. The highest BCUT2D eigenvalue weighted by Crippen LogP contribution is 2.22. The Bertz CT molecular complexity index is 296. The second-order valence-electron chi connectivity index (χ2n) is 5.16. The predicted molar refractivity (Wildman–Crippen MR) is 67.2 cm³/mol. The summed E-state index contributed by atoms with van der Waals surface area (Å²) in [5.41, 5.74) is 4.45. The van der Waals surface area contributed by atoms with E-state index in [2.05, 4.69) is 5.32 Å². The monoisotopic (exact) mass is 244 g/mol. The molecule has 1 amide bonds. The lowest BCUT2D eigenvalue weighted by Crippen LogP contribution is -2.57. The number of hydrogen-bond acceptors (Lipinski definition) is 3. The summed E-state index contributed by atoms with van der Waals surface area (Å²) in [4.78, 5) is 12.3. The number of thiocarbonyl (C=S) groups is 1. The van der Waals surface area contributed by atoms with Crippen LogP contribution in [0.15, 0.2) is 0 Å². The zero-order valence-electron chi connectivity index (χ0n) is 10.1. The van der Waals surface area contributed by atoms with Crippen molar-refractivity contribution in [3.8, 4) is 0 Å². The maximum absolute atomic E-state index is 12.0. The Morgan fingerprint density at radius 1 is 1.56 bits per heavy atom. The second kappa shape index (κ2) is 4.67. The van der Waals surface area contributed by atoms with E-state index in [0.717, 1.165) is 19.4 Å². The van der Waals surface area contributed by atoms with Crippen LogP contribution in [0.25, 0.3) is 0 Å². The molecule has 1 unspecified atom stereocenters. The van der Waals surface area contributed by atoms with Gasteiger partial charge >= 0.3 is 0 Å². The van der Waals surface area contributed by atoms with Crippen molar-refractivity contribution < 1.29 is 9.53 Å². The van der Waals surface area contributed by atoms with Gasteiger partial charge in [-0.3, -0.25) is 4.79 Å². The van der Waals surface area contributed by atoms with Crippen LogP contribution in [0.1, 0.15) is 33.6 Å². The minimum absolute atomic E-state index is 0.131. The van der Waals surface area contributed by atoms with Crippen molar-refractivity contribution in [3.63, 3.8) is 0 Å². The van der Waals surface area contributed by atoms with Gasteiger partial charge in [0.2, 0.25) is 5.91 Å². The quantitative estimate of drug-likeness (QED) is 0.727. The molecule has 0 bridgehead atoms. The molecule has 1 rings (SSSR count). The third-order valence-corrected chi connectivity index (χ3v) is 3.55. The van der Waals surface area contributed by atoms with E-state index >= 15 is 0 Å². The van der Waals surface area contributed by atoms with Gasteiger partial charge < -0.3 is 15.8 Å². The number of carbonyl (C=O) groups excluding carboxylic acids is 1. The summed E-state index contributed by atoms with van der Waals surface area (Å²) in [6.45, 7) is 6.77. The van der Waals surface area contributed by atoms with Gasteiger partial charge in [0.15, 0.2) is 0 Å². The number of nitrogens with one attached hydrogen (secondary N) is 1. The first kappa shape index (κ1) is 13.4. The molecule has 0 aliphatic carbocycles. The van der Waals surface area contributed by atoms with Crippen LogP contribution >= 0.6 is 12.2 Å². The average Bonchev–Trinajstić information content (AvgIpc) is 2.17. The van der Waals surface area contributed by atoms with Gasteiger partial charge in [0.25, 0.3) is 0 Å². The first-order valence-electron chi connectivity index (χ1n) is 5.48. The highest BCUT2D eigenvalue weighted by molar-refractivity contribution is 7.80. The highest BCUT2D eigenvalue weighted by atomic mass is 32.1. The summed E-state index contributed by atoms with van der Waals surface area (Å²) in [5, 5.41) is 2.99. The lowest BCUT2D eigenvalue weighted by molar-refractivity contribution is -0.129. The summed E-state index contributed by atoms with van der Waals surface area (Å²) in [5.74, 6) is -0.131. The SMILES string of the molecule is CC1(NC(=O)C(C)(C)C(N)=S)CCCOC1. The molecule has 1 heterocycles. The first-order chi connectivity index (χ1) is 7.28. The molecule has 0 aromatic carbocycles. The van der Waals surface area contributed by atoms with E-state index in [1.807, 2.05) is 6.92 Å². The third-order valence-electron chi connectivity index (χ3n) is 3.04. The summed E-state index contributed by atoms with van der Waals surface area (Å²) >= 11 is 4.90. The van der Waals surface area contributed by atoms with Crippen molar-refractivity contribution in [2.75, 3.05) is 13.2 Å². The Labute approximate surface area is 102 Å². The Kier molecular flexibility index (Phi) is 3.91. The molecule has 0 aromatic heterocycles. The predicted octanol–water partition coefficient (Wildman–Crippen LogP) is 0.984. The largest absolute Gasteiger partial charge is 0.392 e. The number of ether oxygens (including phenoxy) is 1. The van der Waals surface area contributed by atoms with Gasteiger partial charge in [-0.2, -0.15) is 0 Å². The molecular weight excluding hydrogens is 224 g/mol. The Hall–Kier alpha value is -0.680. The molecule has 3 N–H and O–H groups in total. The van der Waals surface area contributed by atoms with Crippen LogP contribution in [0, 0.1) is 5.41 Å². The van der Waals surface area contributed by atoms with Gasteiger partial charge in [-0.05, 0) is 33.6 Å². The Morgan fingerprint density at radius 2 is 2.19 bits per heavy atom. The lowest BCUT2D eigenvalue weighted by Gasteiger charge is -2.37. The van der Waals surface area contributed by atoms with Gasteiger partial charge in [-0.1, -0.05) is 12.2 Å². The smallest absolute Gasteiger partial charge is 0.232 e. The zero-order chi connectivity index (χ0) is 12.4. The third kappa shape index (κ3) is 2.92. The minimum Gasteiger partial charge on any atom is -0.392 e. The molecule has 4 nitrogen and oxygen atoms in total. The second-order valence-corrected chi connectivity index (χ2v) is 5.60. The van der Waals surface area contributed by atoms with Gasteiger partial charge in [-0.25, -0.2) is 0 Å². The molecule has 0 saturated carbocycles. The van der Waals surface area contributed by atoms with E-state index in [1.165, 1.54) is 0 Å². The van der Waals surface area contributed by atoms with Crippen LogP contribution in [-0.4, -0.2) is 29.6 Å². The fraction of sp³-hybridized carbons (Fsp3) is 0.818. The van der Waals surface area contributed by atoms with E-state index in [9.17, 15) is 4.79 Å². The molecule has 92 valence electrons. The van der Waals surface area contributed by atoms with Crippen LogP contribution in [0.3, 0.4) is 0 Å². The normalized spacial score (nSPS) is 26.2. The summed E-state index contributed by atoms with van der Waals surface area (Å²) in [6, 6.07) is 0. The number of amides is 1. The maximum Gasteiger partial charge on any atom is 0.232 e. The van der Waals surface area contributed by atoms with Gasteiger partial charge in [0.05, 0.1) is 22.5 Å². The van der Waals surface area contributed by atoms with Crippen molar-refractivity contribution >= 4 is 23.1 Å².